The molecule has 7 nitrogen and oxygen atoms in total. The fourth-order valence-electron chi connectivity index (χ4n) is 0.855. The molecule has 1 aromatic heterocycles. The number of hydrogen-bond acceptors (Lipinski definition) is 4. The summed E-state index contributed by atoms with van der Waals surface area (Å²) in [6, 6.07) is 3.55. The van der Waals surface area contributed by atoms with Crippen molar-refractivity contribution in [1.29, 1.82) is 0 Å². The highest BCUT2D eigenvalue weighted by Crippen LogP contribution is 2.05. The molecule has 0 aromatic carbocycles. The smallest absolute Gasteiger partial charge is 0.213 e. The molecule has 0 aliphatic heterocycles. The Bertz CT molecular complexity index is 344. The monoisotopic (exact) mass is 260 g/mol. The van der Waals surface area contributed by atoms with Gasteiger partial charge in [0, 0.05) is 11.1 Å². The molecular weight excluding hydrogens is 246 g/mol. The van der Waals surface area contributed by atoms with Crippen molar-refractivity contribution in [2.75, 3.05) is 6.61 Å². The van der Waals surface area contributed by atoms with Crippen molar-refractivity contribution in [2.24, 2.45) is 10.7 Å². The molecule has 17 heavy (non-hydrogen) atoms. The largest absolute Gasteiger partial charge is 0.368 e. The van der Waals surface area contributed by atoms with Crippen LogP contribution in [0.15, 0.2) is 23.3 Å². The maximum atomic E-state index is 7.75. The molecule has 0 aliphatic carbocycles. The van der Waals surface area contributed by atoms with Crippen LogP contribution in [0.3, 0.4) is 0 Å². The Hall–Kier alpha value is -1.73. The topological polar surface area (TPSA) is 115 Å². The number of nitroso groups, excluding NO2 is 1. The summed E-state index contributed by atoms with van der Waals surface area (Å²) in [6.45, 7) is 2.82. The number of pyridine rings is 1. The number of aliphatic imine (C=N–C) groups is 1. The highest BCUT2D eigenvalue weighted by atomic mass is 35.5. The number of nitrogens with one attached hydrogen (secondary N) is 1. The lowest BCUT2D eigenvalue weighted by Gasteiger charge is -2.03. The lowest BCUT2D eigenvalue weighted by atomic mass is 10.3. The number of rotatable bonds is 4. The number of aromatic nitrogens is 1. The van der Waals surface area contributed by atoms with Gasteiger partial charge < -0.3 is 5.73 Å². The summed E-state index contributed by atoms with van der Waals surface area (Å²) in [6.07, 6.45) is 1.65. The highest BCUT2D eigenvalue weighted by molar-refractivity contribution is 6.29. The molecule has 8 heteroatoms. The third-order valence-electron chi connectivity index (χ3n) is 1.54. The number of hydrogen-bond donors (Lipinski definition) is 3. The van der Waals surface area contributed by atoms with Crippen LogP contribution in [0, 0.1) is 4.91 Å². The fourth-order valence-corrected chi connectivity index (χ4v) is 0.967. The molecule has 0 saturated heterocycles. The number of guanidine groups is 1. The normalized spacial score (nSPS) is 10.4. The SMILES string of the molecule is CCONC(N)=NCc1ccc(Cl)nc1.[NH2+]=O. The Morgan fingerprint density at radius 2 is 2.35 bits per heavy atom. The third-order valence-corrected chi connectivity index (χ3v) is 1.77. The fraction of sp³-hybridized carbons (Fsp3) is 0.333. The molecule has 1 heterocycles. The Kier molecular flexibility index (Phi) is 8.53. The van der Waals surface area contributed by atoms with E-state index in [1.54, 1.807) is 12.3 Å². The van der Waals surface area contributed by atoms with Gasteiger partial charge in [0.2, 0.25) is 5.96 Å². The molecule has 94 valence electrons. The molecule has 0 bridgehead atoms. The van der Waals surface area contributed by atoms with Gasteiger partial charge in [0.15, 0.2) is 0 Å². The third kappa shape index (κ3) is 7.20. The molecule has 1 aromatic rings. The standard InChI is InChI=1S/C9H13ClN4O.H2NO/c1-2-15-14-9(11)13-6-7-3-4-8(10)12-5-7;1-2/h3-5H,2,6H2,1H3,(H3,11,13,14);1H2/q;+1. The first-order valence-corrected chi connectivity index (χ1v) is 5.12. The first kappa shape index (κ1) is 15.3. The second-order valence-corrected chi connectivity index (χ2v) is 3.11. The molecule has 0 atom stereocenters. The maximum absolute atomic E-state index is 7.75. The van der Waals surface area contributed by atoms with Gasteiger partial charge in [-0.15, -0.1) is 0 Å². The zero-order valence-electron chi connectivity index (χ0n) is 9.39. The van der Waals surface area contributed by atoms with E-state index in [2.05, 4.69) is 21.1 Å². The van der Waals surface area contributed by atoms with Crippen molar-refractivity contribution >= 4 is 17.6 Å². The summed E-state index contributed by atoms with van der Waals surface area (Å²) < 4.78 is 0. The van der Waals surface area contributed by atoms with Crippen LogP contribution in [0.1, 0.15) is 12.5 Å². The molecule has 1 rings (SSSR count). The van der Waals surface area contributed by atoms with Gasteiger partial charge in [-0.05, 0) is 24.1 Å². The van der Waals surface area contributed by atoms with Gasteiger partial charge in [0.25, 0.3) is 0 Å². The molecule has 0 radical (unpaired) electrons. The van der Waals surface area contributed by atoms with Crippen molar-refractivity contribution < 1.29 is 10.4 Å². The van der Waals surface area contributed by atoms with Gasteiger partial charge in [0.05, 0.1) is 13.2 Å². The van der Waals surface area contributed by atoms with Crippen LogP contribution >= 0.6 is 11.6 Å². The van der Waals surface area contributed by atoms with Crippen LogP contribution in [-0.4, -0.2) is 17.6 Å². The van der Waals surface area contributed by atoms with Crippen LogP contribution < -0.4 is 16.8 Å². The summed E-state index contributed by atoms with van der Waals surface area (Å²) in [5.41, 5.74) is 12.2. The summed E-state index contributed by atoms with van der Waals surface area (Å²) >= 11 is 5.64. The van der Waals surface area contributed by atoms with Crippen molar-refractivity contribution in [1.82, 2.24) is 10.5 Å². The number of nitrogens with zero attached hydrogens (tertiary/aromatic N) is 2. The number of halogens is 1. The maximum Gasteiger partial charge on any atom is 0.213 e. The average Bonchev–Trinajstić information content (AvgIpc) is 2.38. The van der Waals surface area contributed by atoms with E-state index in [0.717, 1.165) is 5.56 Å². The molecule has 0 amide bonds. The predicted octanol–water partition coefficient (Wildman–Crippen LogP) is -0.397. The molecule has 0 saturated carbocycles. The van der Waals surface area contributed by atoms with E-state index < -0.39 is 0 Å². The summed E-state index contributed by atoms with van der Waals surface area (Å²) in [5, 5.41) is 0.461. The number of hydroxylamine groups is 1. The van der Waals surface area contributed by atoms with Crippen LogP contribution in [0.5, 0.6) is 0 Å². The van der Waals surface area contributed by atoms with E-state index in [1.807, 2.05) is 13.0 Å². The van der Waals surface area contributed by atoms with Gasteiger partial charge in [-0.3, -0.25) is 4.84 Å². The van der Waals surface area contributed by atoms with Gasteiger partial charge in [0.1, 0.15) is 5.15 Å². The van der Waals surface area contributed by atoms with Gasteiger partial charge >= 0.3 is 0 Å². The van der Waals surface area contributed by atoms with Crippen LogP contribution in [0.4, 0.5) is 0 Å². The molecule has 0 fully saturated rings. The lowest BCUT2D eigenvalue weighted by molar-refractivity contribution is -0.142. The second kappa shape index (κ2) is 9.49. The predicted molar refractivity (Wildman–Crippen MR) is 64.6 cm³/mol. The Labute approximate surface area is 104 Å². The van der Waals surface area contributed by atoms with Crippen LogP contribution in [0.2, 0.25) is 5.15 Å². The Balaban J connectivity index is 0.00000121. The molecule has 0 spiro atoms. The van der Waals surface area contributed by atoms with Crippen LogP contribution in [-0.2, 0) is 11.4 Å². The Morgan fingerprint density at radius 1 is 1.65 bits per heavy atom. The van der Waals surface area contributed by atoms with Crippen molar-refractivity contribution in [2.45, 2.75) is 13.5 Å². The van der Waals surface area contributed by atoms with Gasteiger partial charge in [-0.2, -0.15) is 0 Å². The van der Waals surface area contributed by atoms with Crippen LogP contribution in [0.25, 0.3) is 0 Å². The number of nitrogens with two attached hydrogens (primary N) is 2. The first-order valence-electron chi connectivity index (χ1n) is 4.74. The average molecular weight is 261 g/mol. The van der Waals surface area contributed by atoms with E-state index in [0.29, 0.717) is 18.3 Å². The minimum atomic E-state index is 0.242. The van der Waals surface area contributed by atoms with Gasteiger partial charge in [-0.1, -0.05) is 17.7 Å². The van der Waals surface area contributed by atoms with Crippen molar-refractivity contribution in [3.8, 4) is 0 Å². The zero-order chi connectivity index (χ0) is 13.1. The zero-order valence-corrected chi connectivity index (χ0v) is 10.1. The van der Waals surface area contributed by atoms with E-state index >= 15 is 0 Å². The van der Waals surface area contributed by atoms with Gasteiger partial charge in [-0.25, -0.2) is 15.5 Å². The first-order chi connectivity index (χ1) is 8.22. The van der Waals surface area contributed by atoms with E-state index in [-0.39, 0.29) is 5.96 Å². The van der Waals surface area contributed by atoms with E-state index in [4.69, 9.17) is 27.1 Å². The summed E-state index contributed by atoms with van der Waals surface area (Å²) in [7, 11) is 0. The van der Waals surface area contributed by atoms with E-state index in [1.165, 1.54) is 0 Å². The minimum Gasteiger partial charge on any atom is -0.368 e. The summed E-state index contributed by atoms with van der Waals surface area (Å²) in [4.78, 5) is 20.6. The molecular formula is C9H15ClN5O2+. The van der Waals surface area contributed by atoms with Crippen molar-refractivity contribution in [3.05, 3.63) is 34.0 Å². The Morgan fingerprint density at radius 3 is 2.88 bits per heavy atom. The second-order valence-electron chi connectivity index (χ2n) is 2.73. The lowest BCUT2D eigenvalue weighted by Crippen LogP contribution is -2.31. The van der Waals surface area contributed by atoms with Crippen molar-refractivity contribution in [3.63, 3.8) is 0 Å². The van der Waals surface area contributed by atoms with E-state index in [9.17, 15) is 0 Å². The quantitative estimate of drug-likeness (QED) is 0.295. The minimum absolute atomic E-state index is 0.242. The summed E-state index contributed by atoms with van der Waals surface area (Å²) in [5.74, 6) is 0.242. The molecule has 0 unspecified atom stereocenters. The highest BCUT2D eigenvalue weighted by Gasteiger charge is 1.94. The molecule has 0 aliphatic rings. The molecule has 5 N–H and O–H groups in total.